The number of hydrogen-bond donors (Lipinski definition) is 1. The van der Waals surface area contributed by atoms with E-state index in [9.17, 15) is 8.42 Å². The van der Waals surface area contributed by atoms with Crippen molar-refractivity contribution < 1.29 is 8.42 Å². The van der Waals surface area contributed by atoms with Gasteiger partial charge >= 0.3 is 0 Å². The second-order valence-corrected chi connectivity index (χ2v) is 9.75. The first-order valence-corrected chi connectivity index (χ1v) is 8.57. The summed E-state index contributed by atoms with van der Waals surface area (Å²) in [5.74, 6) is 0. The van der Waals surface area contributed by atoms with Gasteiger partial charge in [-0.1, -0.05) is 13.8 Å². The van der Waals surface area contributed by atoms with Gasteiger partial charge in [-0.05, 0) is 40.9 Å². The monoisotopic (exact) mass is 390 g/mol. The van der Waals surface area contributed by atoms with Crippen molar-refractivity contribution in [1.82, 2.24) is 4.31 Å². The molecule has 1 aromatic rings. The summed E-state index contributed by atoms with van der Waals surface area (Å²) in [6, 6.07) is 1.65. The summed E-state index contributed by atoms with van der Waals surface area (Å²) in [6.45, 7) is 6.56. The van der Waals surface area contributed by atoms with E-state index in [0.717, 1.165) is 8.66 Å². The minimum absolute atomic E-state index is 0. The molecule has 0 unspecified atom stereocenters. The van der Waals surface area contributed by atoms with Crippen LogP contribution >= 0.6 is 39.7 Å². The van der Waals surface area contributed by atoms with Gasteiger partial charge in [0.1, 0.15) is 0 Å². The molecule has 2 N–H and O–H groups in total. The van der Waals surface area contributed by atoms with Crippen molar-refractivity contribution in [2.75, 3.05) is 20.1 Å². The van der Waals surface area contributed by atoms with Crippen LogP contribution in [0.25, 0.3) is 0 Å². The first-order chi connectivity index (χ1) is 8.10. The number of sulfonamides is 1. The zero-order chi connectivity index (χ0) is 14.1. The molecule has 4 nitrogen and oxygen atoms in total. The standard InChI is InChI=1S/C11H19BrN2O2S2.ClH/c1-8-9(5-10(12)17-8)18(15,16)14(4)7-11(2,3)6-13;/h5H,6-7,13H2,1-4H3;1H. The molecule has 0 atom stereocenters. The fourth-order valence-electron chi connectivity index (χ4n) is 1.61. The Morgan fingerprint density at radius 2 is 2.00 bits per heavy atom. The molecule has 1 rings (SSSR count). The molecule has 0 aliphatic carbocycles. The molecule has 0 saturated heterocycles. The van der Waals surface area contributed by atoms with Crippen molar-refractivity contribution in [1.29, 1.82) is 0 Å². The fourth-order valence-corrected chi connectivity index (χ4v) is 5.35. The molecular formula is C11H20BrClN2O2S2. The summed E-state index contributed by atoms with van der Waals surface area (Å²) in [5, 5.41) is 0. The van der Waals surface area contributed by atoms with Crippen molar-refractivity contribution >= 4 is 49.7 Å². The largest absolute Gasteiger partial charge is 0.330 e. The van der Waals surface area contributed by atoms with Crippen LogP contribution in [-0.2, 0) is 10.0 Å². The number of halogens is 2. The van der Waals surface area contributed by atoms with E-state index in [0.29, 0.717) is 18.0 Å². The predicted molar refractivity (Wildman–Crippen MR) is 86.7 cm³/mol. The highest BCUT2D eigenvalue weighted by Crippen LogP contribution is 2.32. The number of rotatable bonds is 5. The topological polar surface area (TPSA) is 63.4 Å². The Hall–Kier alpha value is 0.340. The van der Waals surface area contributed by atoms with Crippen molar-refractivity contribution in [3.63, 3.8) is 0 Å². The second kappa shape index (κ2) is 6.87. The van der Waals surface area contributed by atoms with Crippen LogP contribution in [0, 0.1) is 12.3 Å². The smallest absolute Gasteiger partial charge is 0.243 e. The van der Waals surface area contributed by atoms with E-state index in [-0.39, 0.29) is 17.8 Å². The third-order valence-electron chi connectivity index (χ3n) is 2.73. The van der Waals surface area contributed by atoms with Gasteiger partial charge in [0.05, 0.1) is 8.68 Å². The lowest BCUT2D eigenvalue weighted by Crippen LogP contribution is -2.39. The number of hydrogen-bond acceptors (Lipinski definition) is 4. The van der Waals surface area contributed by atoms with Gasteiger partial charge in [0.2, 0.25) is 10.0 Å². The molecule has 0 aromatic carbocycles. The lowest BCUT2D eigenvalue weighted by atomic mass is 9.94. The molecule has 0 fully saturated rings. The van der Waals surface area contributed by atoms with Gasteiger partial charge in [0.25, 0.3) is 0 Å². The summed E-state index contributed by atoms with van der Waals surface area (Å²) in [6.07, 6.45) is 0. The molecule has 1 aromatic heterocycles. The SMILES string of the molecule is Cc1sc(Br)cc1S(=O)(=O)N(C)CC(C)(C)CN.Cl. The van der Waals surface area contributed by atoms with Crippen molar-refractivity contribution in [3.05, 3.63) is 14.7 Å². The van der Waals surface area contributed by atoms with Gasteiger partial charge in [-0.2, -0.15) is 0 Å². The first-order valence-electron chi connectivity index (χ1n) is 5.52. The summed E-state index contributed by atoms with van der Waals surface area (Å²) < 4.78 is 27.1. The summed E-state index contributed by atoms with van der Waals surface area (Å²) in [4.78, 5) is 1.16. The number of thiophene rings is 1. The molecule has 0 aliphatic heterocycles. The Labute approximate surface area is 134 Å². The first kappa shape index (κ1) is 19.3. The molecule has 1 heterocycles. The van der Waals surface area contributed by atoms with Gasteiger partial charge in [-0.3, -0.25) is 0 Å². The average Bonchev–Trinajstić information content (AvgIpc) is 2.57. The van der Waals surface area contributed by atoms with Crippen molar-refractivity contribution in [3.8, 4) is 0 Å². The zero-order valence-corrected chi connectivity index (χ0v) is 15.5. The Morgan fingerprint density at radius 1 is 1.47 bits per heavy atom. The molecule has 0 amide bonds. The van der Waals surface area contributed by atoms with Gasteiger partial charge in [0.15, 0.2) is 0 Å². The van der Waals surface area contributed by atoms with Crippen LogP contribution in [0.4, 0.5) is 0 Å². The maximum Gasteiger partial charge on any atom is 0.243 e. The van der Waals surface area contributed by atoms with E-state index in [1.165, 1.54) is 15.6 Å². The van der Waals surface area contributed by atoms with Crippen molar-refractivity contribution in [2.45, 2.75) is 25.7 Å². The zero-order valence-electron chi connectivity index (χ0n) is 11.4. The molecular weight excluding hydrogens is 372 g/mol. The normalized spacial score (nSPS) is 12.6. The highest BCUT2D eigenvalue weighted by molar-refractivity contribution is 9.11. The predicted octanol–water partition coefficient (Wildman–Crippen LogP) is 2.85. The molecule has 0 radical (unpaired) electrons. The number of aryl methyl sites for hydroxylation is 1. The third-order valence-corrected chi connectivity index (χ3v) is 6.35. The van der Waals surface area contributed by atoms with Crippen LogP contribution in [0.1, 0.15) is 18.7 Å². The quantitative estimate of drug-likeness (QED) is 0.839. The van der Waals surface area contributed by atoms with E-state index in [4.69, 9.17) is 5.73 Å². The summed E-state index contributed by atoms with van der Waals surface area (Å²) >= 11 is 4.74. The van der Waals surface area contributed by atoms with Gasteiger partial charge < -0.3 is 5.73 Å². The third kappa shape index (κ3) is 4.68. The van der Waals surface area contributed by atoms with E-state index >= 15 is 0 Å². The van der Waals surface area contributed by atoms with Gasteiger partial charge in [-0.25, -0.2) is 12.7 Å². The lowest BCUT2D eigenvalue weighted by Gasteiger charge is -2.28. The highest BCUT2D eigenvalue weighted by atomic mass is 79.9. The van der Waals surface area contributed by atoms with Crippen LogP contribution in [0.3, 0.4) is 0 Å². The molecule has 0 saturated carbocycles. The van der Waals surface area contributed by atoms with E-state index in [1.807, 2.05) is 20.8 Å². The fraction of sp³-hybridized carbons (Fsp3) is 0.636. The Bertz CT molecular complexity index is 529. The van der Waals surface area contributed by atoms with Crippen LogP contribution < -0.4 is 5.73 Å². The average molecular weight is 392 g/mol. The highest BCUT2D eigenvalue weighted by Gasteiger charge is 2.29. The van der Waals surface area contributed by atoms with Gasteiger partial charge in [0, 0.05) is 18.5 Å². The van der Waals surface area contributed by atoms with Crippen LogP contribution in [0.2, 0.25) is 0 Å². The van der Waals surface area contributed by atoms with Crippen LogP contribution in [0.5, 0.6) is 0 Å². The lowest BCUT2D eigenvalue weighted by molar-refractivity contribution is 0.292. The minimum Gasteiger partial charge on any atom is -0.330 e. The molecule has 0 spiro atoms. The van der Waals surface area contributed by atoms with Crippen molar-refractivity contribution in [2.24, 2.45) is 11.1 Å². The maximum absolute atomic E-state index is 12.4. The Balaban J connectivity index is 0.00000324. The second-order valence-electron chi connectivity index (χ2n) is 5.10. The molecule has 8 heteroatoms. The van der Waals surface area contributed by atoms with E-state index < -0.39 is 10.0 Å². The summed E-state index contributed by atoms with van der Waals surface area (Å²) in [5.41, 5.74) is 5.41. The maximum atomic E-state index is 12.4. The van der Waals surface area contributed by atoms with E-state index in [2.05, 4.69) is 15.9 Å². The molecule has 19 heavy (non-hydrogen) atoms. The van der Waals surface area contributed by atoms with Crippen LogP contribution in [-0.4, -0.2) is 32.9 Å². The molecule has 0 aliphatic rings. The van der Waals surface area contributed by atoms with E-state index in [1.54, 1.807) is 13.1 Å². The van der Waals surface area contributed by atoms with Gasteiger partial charge in [-0.15, -0.1) is 23.7 Å². The molecule has 112 valence electrons. The minimum atomic E-state index is -3.43. The number of nitrogens with two attached hydrogens (primary N) is 1. The number of nitrogens with zero attached hydrogens (tertiary/aromatic N) is 1. The molecule has 0 bridgehead atoms. The Kier molecular flexibility index (Phi) is 6.99. The Morgan fingerprint density at radius 3 is 2.37 bits per heavy atom. The van der Waals surface area contributed by atoms with Crippen LogP contribution in [0.15, 0.2) is 14.7 Å². The summed E-state index contributed by atoms with van der Waals surface area (Å²) in [7, 11) is -1.84.